The van der Waals surface area contributed by atoms with Crippen LogP contribution in [0.15, 0.2) is 6.07 Å². The summed E-state index contributed by atoms with van der Waals surface area (Å²) in [6, 6.07) is 2.78. The molecule has 19 heavy (non-hydrogen) atoms. The Balaban J connectivity index is 1.40. The second-order valence-electron chi connectivity index (χ2n) is 6.24. The number of nitrogens with one attached hydrogen (secondary N) is 2. The van der Waals surface area contributed by atoms with Crippen LogP contribution in [0, 0.1) is 0 Å². The lowest BCUT2D eigenvalue weighted by Crippen LogP contribution is -2.41. The number of rotatable bonds is 6. The summed E-state index contributed by atoms with van der Waals surface area (Å²) in [5.74, 6) is 0.746. The van der Waals surface area contributed by atoms with Gasteiger partial charge < -0.3 is 10.2 Å². The Hall–Kier alpha value is -0.870. The molecule has 0 radical (unpaired) electrons. The summed E-state index contributed by atoms with van der Waals surface area (Å²) in [5, 5.41) is 11.2. The lowest BCUT2D eigenvalue weighted by atomic mass is 10.1. The van der Waals surface area contributed by atoms with Crippen LogP contribution in [-0.4, -0.2) is 40.8 Å². The van der Waals surface area contributed by atoms with Gasteiger partial charge in [-0.25, -0.2) is 0 Å². The number of hydrogen-bond acceptors (Lipinski definition) is 3. The van der Waals surface area contributed by atoms with Gasteiger partial charge >= 0.3 is 0 Å². The topological polar surface area (TPSA) is 44.0 Å². The molecule has 2 aliphatic rings. The second-order valence-corrected chi connectivity index (χ2v) is 6.24. The minimum atomic E-state index is 0.547. The Morgan fingerprint density at radius 3 is 2.89 bits per heavy atom. The molecule has 106 valence electrons. The lowest BCUT2D eigenvalue weighted by molar-refractivity contribution is 0.208. The third kappa shape index (κ3) is 3.80. The van der Waals surface area contributed by atoms with Gasteiger partial charge in [0.2, 0.25) is 0 Å². The van der Waals surface area contributed by atoms with E-state index in [9.17, 15) is 0 Å². The van der Waals surface area contributed by atoms with E-state index in [0.717, 1.165) is 12.5 Å². The van der Waals surface area contributed by atoms with Gasteiger partial charge in [-0.15, -0.1) is 0 Å². The van der Waals surface area contributed by atoms with E-state index in [1.165, 1.54) is 63.1 Å². The molecule has 0 bridgehead atoms. The summed E-state index contributed by atoms with van der Waals surface area (Å²) in [5.41, 5.74) is 2.49. The van der Waals surface area contributed by atoms with Crippen molar-refractivity contribution in [3.8, 4) is 0 Å². The lowest BCUT2D eigenvalue weighted by Gasteiger charge is -2.29. The molecule has 4 nitrogen and oxygen atoms in total. The minimum absolute atomic E-state index is 0.547. The molecule has 3 rings (SSSR count). The highest BCUT2D eigenvalue weighted by Gasteiger charge is 2.26. The number of aromatic nitrogens is 2. The van der Waals surface area contributed by atoms with Crippen molar-refractivity contribution in [3.05, 3.63) is 17.5 Å². The predicted octanol–water partition coefficient (Wildman–Crippen LogP) is 2.25. The van der Waals surface area contributed by atoms with Gasteiger partial charge in [0.05, 0.1) is 5.69 Å². The summed E-state index contributed by atoms with van der Waals surface area (Å²) in [4.78, 5) is 2.59. The van der Waals surface area contributed by atoms with E-state index in [-0.39, 0.29) is 0 Å². The van der Waals surface area contributed by atoms with Crippen LogP contribution < -0.4 is 5.32 Å². The maximum Gasteiger partial charge on any atom is 0.0656 e. The predicted molar refractivity (Wildman–Crippen MR) is 77.2 cm³/mol. The maximum atomic E-state index is 4.40. The van der Waals surface area contributed by atoms with Crippen molar-refractivity contribution >= 4 is 0 Å². The van der Waals surface area contributed by atoms with Crippen LogP contribution in [0.3, 0.4) is 0 Å². The smallest absolute Gasteiger partial charge is 0.0656 e. The molecule has 1 aromatic heterocycles. The molecule has 1 aliphatic carbocycles. The fourth-order valence-corrected chi connectivity index (χ4v) is 2.94. The number of aromatic amines is 1. The summed E-state index contributed by atoms with van der Waals surface area (Å²) < 4.78 is 0. The first-order valence-electron chi connectivity index (χ1n) is 7.81. The Morgan fingerprint density at radius 2 is 2.16 bits per heavy atom. The van der Waals surface area contributed by atoms with Crippen LogP contribution >= 0.6 is 0 Å². The van der Waals surface area contributed by atoms with Crippen molar-refractivity contribution in [1.82, 2.24) is 20.4 Å². The molecular formula is C15H26N4. The molecular weight excluding hydrogens is 236 g/mol. The molecule has 1 saturated carbocycles. The fourth-order valence-electron chi connectivity index (χ4n) is 2.94. The van der Waals surface area contributed by atoms with Crippen LogP contribution in [0.5, 0.6) is 0 Å². The molecule has 0 amide bonds. The fraction of sp³-hybridized carbons (Fsp3) is 0.800. The number of H-pyrrole nitrogens is 1. The summed E-state index contributed by atoms with van der Waals surface area (Å²) in [7, 11) is 0. The molecule has 1 aromatic rings. The highest BCUT2D eigenvalue weighted by molar-refractivity contribution is 5.17. The molecule has 1 saturated heterocycles. The van der Waals surface area contributed by atoms with Crippen molar-refractivity contribution in [2.45, 2.75) is 57.5 Å². The van der Waals surface area contributed by atoms with Crippen molar-refractivity contribution in [2.75, 3.05) is 19.6 Å². The van der Waals surface area contributed by atoms with E-state index in [1.807, 2.05) is 0 Å². The van der Waals surface area contributed by atoms with E-state index >= 15 is 0 Å². The molecule has 2 N–H and O–H groups in total. The molecule has 0 spiro atoms. The maximum absolute atomic E-state index is 4.40. The van der Waals surface area contributed by atoms with Gasteiger partial charge in [-0.1, -0.05) is 6.42 Å². The summed E-state index contributed by atoms with van der Waals surface area (Å²) >= 11 is 0. The van der Waals surface area contributed by atoms with Gasteiger partial charge in [0, 0.05) is 30.7 Å². The zero-order valence-corrected chi connectivity index (χ0v) is 12.0. The number of piperidine rings is 1. The zero-order valence-electron chi connectivity index (χ0n) is 12.0. The molecule has 0 aromatic carbocycles. The Bertz CT molecular complexity index is 391. The van der Waals surface area contributed by atoms with E-state index in [2.05, 4.69) is 33.4 Å². The van der Waals surface area contributed by atoms with Gasteiger partial charge in [0.1, 0.15) is 0 Å². The van der Waals surface area contributed by atoms with Crippen molar-refractivity contribution in [3.63, 3.8) is 0 Å². The van der Waals surface area contributed by atoms with Crippen molar-refractivity contribution in [1.29, 1.82) is 0 Å². The molecule has 1 unspecified atom stereocenters. The van der Waals surface area contributed by atoms with Crippen molar-refractivity contribution < 1.29 is 0 Å². The average Bonchev–Trinajstić information content (AvgIpc) is 3.17. The third-order valence-electron chi connectivity index (χ3n) is 4.27. The van der Waals surface area contributed by atoms with Crippen LogP contribution in [0.1, 0.15) is 56.3 Å². The largest absolute Gasteiger partial charge is 0.307 e. The minimum Gasteiger partial charge on any atom is -0.307 e. The molecule has 4 heteroatoms. The number of likely N-dealkylation sites (tertiary alicyclic amines) is 1. The Labute approximate surface area is 116 Å². The Morgan fingerprint density at radius 1 is 1.37 bits per heavy atom. The second kappa shape index (κ2) is 6.06. The van der Waals surface area contributed by atoms with Crippen LogP contribution in [0.25, 0.3) is 0 Å². The first-order chi connectivity index (χ1) is 9.31. The highest BCUT2D eigenvalue weighted by atomic mass is 15.2. The molecule has 2 heterocycles. The molecule has 1 aliphatic heterocycles. The Kier molecular flexibility index (Phi) is 4.18. The van der Waals surface area contributed by atoms with Gasteiger partial charge in [-0.05, 0) is 51.8 Å². The third-order valence-corrected chi connectivity index (χ3v) is 4.27. The van der Waals surface area contributed by atoms with E-state index in [4.69, 9.17) is 0 Å². The van der Waals surface area contributed by atoms with Crippen molar-refractivity contribution in [2.24, 2.45) is 0 Å². The first-order valence-corrected chi connectivity index (χ1v) is 7.81. The number of nitrogens with zero attached hydrogens (tertiary/aromatic N) is 2. The molecule has 1 atom stereocenters. The van der Waals surface area contributed by atoms with Gasteiger partial charge in [-0.3, -0.25) is 5.10 Å². The van der Waals surface area contributed by atoms with Crippen LogP contribution in [-0.2, 0) is 6.54 Å². The first kappa shape index (κ1) is 13.1. The number of hydrogen-bond donors (Lipinski definition) is 2. The zero-order chi connectivity index (χ0) is 13.1. The summed E-state index contributed by atoms with van der Waals surface area (Å²) in [6.07, 6.45) is 6.80. The quantitative estimate of drug-likeness (QED) is 0.826. The van der Waals surface area contributed by atoms with Gasteiger partial charge in [0.25, 0.3) is 0 Å². The van der Waals surface area contributed by atoms with Gasteiger partial charge in [-0.2, -0.15) is 5.10 Å². The molecule has 2 fully saturated rings. The van der Waals surface area contributed by atoms with Crippen LogP contribution in [0.2, 0.25) is 0 Å². The standard InChI is InChI=1S/C15H26N4/c1-12(11-19-7-3-2-4-8-19)16-10-14-9-15(18-17-14)13-5-6-13/h9,12-13,16H,2-8,10-11H2,1H3,(H,17,18). The average molecular weight is 262 g/mol. The SMILES string of the molecule is CC(CN1CCCCC1)NCc1cc(C2CC2)n[nH]1. The summed E-state index contributed by atoms with van der Waals surface area (Å²) in [6.45, 7) is 6.93. The monoisotopic (exact) mass is 262 g/mol. The van der Waals surface area contributed by atoms with E-state index in [0.29, 0.717) is 6.04 Å². The van der Waals surface area contributed by atoms with E-state index < -0.39 is 0 Å². The van der Waals surface area contributed by atoms with E-state index in [1.54, 1.807) is 0 Å². The normalized spacial score (nSPS) is 22.6. The van der Waals surface area contributed by atoms with Crippen LogP contribution in [0.4, 0.5) is 0 Å². The highest BCUT2D eigenvalue weighted by Crippen LogP contribution is 2.38. The van der Waals surface area contributed by atoms with Gasteiger partial charge in [0.15, 0.2) is 0 Å².